The number of anilines is 1. The second-order valence-corrected chi connectivity index (χ2v) is 3.70. The average molecular weight is 207 g/mol. The topological polar surface area (TPSA) is 52.3 Å². The first kappa shape index (κ1) is 11.6. The highest BCUT2D eigenvalue weighted by Crippen LogP contribution is 2.24. The first-order valence-electron chi connectivity index (χ1n) is 5.14. The van der Waals surface area contributed by atoms with Gasteiger partial charge in [-0.05, 0) is 32.0 Å². The number of ether oxygens (including phenoxy) is 1. The van der Waals surface area contributed by atoms with Crippen molar-refractivity contribution < 1.29 is 9.53 Å². The van der Waals surface area contributed by atoms with Gasteiger partial charge in [0.05, 0.1) is 11.8 Å². The van der Waals surface area contributed by atoms with Crippen LogP contribution in [0.3, 0.4) is 0 Å². The molecule has 0 aliphatic rings. The summed E-state index contributed by atoms with van der Waals surface area (Å²) in [5.41, 5.74) is 6.95. The SMILES string of the molecule is CCC(=O)c1ccc(OC(C)C)c(N)c1. The molecular formula is C12H17NO2. The highest BCUT2D eigenvalue weighted by Gasteiger charge is 2.07. The Morgan fingerprint density at radius 1 is 1.47 bits per heavy atom. The number of carbonyl (C=O) groups excluding carboxylic acids is 1. The quantitative estimate of drug-likeness (QED) is 0.610. The molecular weight excluding hydrogens is 190 g/mol. The number of ketones is 1. The van der Waals surface area contributed by atoms with Gasteiger partial charge in [-0.3, -0.25) is 4.79 Å². The Balaban J connectivity index is 2.93. The molecule has 0 aliphatic carbocycles. The average Bonchev–Trinajstić information content (AvgIpc) is 2.19. The number of hydrogen-bond donors (Lipinski definition) is 1. The van der Waals surface area contributed by atoms with E-state index >= 15 is 0 Å². The van der Waals surface area contributed by atoms with Crippen LogP contribution in [0, 0.1) is 0 Å². The van der Waals surface area contributed by atoms with Gasteiger partial charge in [0, 0.05) is 12.0 Å². The second kappa shape index (κ2) is 4.82. The second-order valence-electron chi connectivity index (χ2n) is 3.70. The number of carbonyl (C=O) groups is 1. The summed E-state index contributed by atoms with van der Waals surface area (Å²) in [6, 6.07) is 5.17. The molecule has 0 heterocycles. The molecule has 1 rings (SSSR count). The van der Waals surface area contributed by atoms with Gasteiger partial charge in [-0.15, -0.1) is 0 Å². The minimum absolute atomic E-state index is 0.0834. The van der Waals surface area contributed by atoms with Crippen LogP contribution in [0.25, 0.3) is 0 Å². The van der Waals surface area contributed by atoms with Crippen LogP contribution in [0.1, 0.15) is 37.6 Å². The van der Waals surface area contributed by atoms with Crippen molar-refractivity contribution in [2.24, 2.45) is 0 Å². The van der Waals surface area contributed by atoms with Crippen LogP contribution >= 0.6 is 0 Å². The zero-order valence-electron chi connectivity index (χ0n) is 9.41. The monoisotopic (exact) mass is 207 g/mol. The molecule has 82 valence electrons. The van der Waals surface area contributed by atoms with E-state index < -0.39 is 0 Å². The normalized spacial score (nSPS) is 10.4. The van der Waals surface area contributed by atoms with Crippen molar-refractivity contribution in [2.75, 3.05) is 5.73 Å². The molecule has 15 heavy (non-hydrogen) atoms. The third kappa shape index (κ3) is 2.98. The van der Waals surface area contributed by atoms with Crippen molar-refractivity contribution in [2.45, 2.75) is 33.3 Å². The Bertz CT molecular complexity index is 359. The Morgan fingerprint density at radius 2 is 2.13 bits per heavy atom. The summed E-state index contributed by atoms with van der Waals surface area (Å²) in [5, 5.41) is 0. The summed E-state index contributed by atoms with van der Waals surface area (Å²) in [6.45, 7) is 5.70. The Kier molecular flexibility index (Phi) is 3.72. The molecule has 3 nitrogen and oxygen atoms in total. The van der Waals surface area contributed by atoms with Crippen LogP contribution < -0.4 is 10.5 Å². The maximum absolute atomic E-state index is 11.4. The maximum Gasteiger partial charge on any atom is 0.162 e. The van der Waals surface area contributed by atoms with Crippen molar-refractivity contribution in [3.63, 3.8) is 0 Å². The molecule has 0 bridgehead atoms. The molecule has 0 spiro atoms. The van der Waals surface area contributed by atoms with E-state index in [1.165, 1.54) is 0 Å². The maximum atomic E-state index is 11.4. The molecule has 0 unspecified atom stereocenters. The van der Waals surface area contributed by atoms with Gasteiger partial charge in [0.1, 0.15) is 5.75 Å². The number of hydrogen-bond acceptors (Lipinski definition) is 3. The molecule has 0 aromatic heterocycles. The minimum atomic E-state index is 0.0834. The highest BCUT2D eigenvalue weighted by atomic mass is 16.5. The highest BCUT2D eigenvalue weighted by molar-refractivity contribution is 5.97. The summed E-state index contributed by atoms with van der Waals surface area (Å²) < 4.78 is 5.48. The molecule has 0 fully saturated rings. The molecule has 0 radical (unpaired) electrons. The molecule has 1 aromatic carbocycles. The number of Topliss-reactive ketones (excluding diaryl/α,β-unsaturated/α-hetero) is 1. The van der Waals surface area contributed by atoms with Gasteiger partial charge < -0.3 is 10.5 Å². The predicted octanol–water partition coefficient (Wildman–Crippen LogP) is 2.65. The largest absolute Gasteiger partial charge is 0.489 e. The summed E-state index contributed by atoms with van der Waals surface area (Å²) in [6.07, 6.45) is 0.573. The molecule has 0 saturated heterocycles. The number of nitrogen functional groups attached to an aromatic ring is 1. The van der Waals surface area contributed by atoms with Crippen LogP contribution in [0.4, 0.5) is 5.69 Å². The van der Waals surface area contributed by atoms with Crippen molar-refractivity contribution in [1.29, 1.82) is 0 Å². The van der Waals surface area contributed by atoms with Gasteiger partial charge in [0.15, 0.2) is 5.78 Å². The van der Waals surface area contributed by atoms with Crippen molar-refractivity contribution >= 4 is 11.5 Å². The van der Waals surface area contributed by atoms with Crippen molar-refractivity contribution in [3.05, 3.63) is 23.8 Å². The van der Waals surface area contributed by atoms with Crippen LogP contribution in [0.5, 0.6) is 5.75 Å². The van der Waals surface area contributed by atoms with Crippen LogP contribution in [0.15, 0.2) is 18.2 Å². The van der Waals surface area contributed by atoms with E-state index in [1.807, 2.05) is 20.8 Å². The Morgan fingerprint density at radius 3 is 2.60 bits per heavy atom. The third-order valence-corrected chi connectivity index (χ3v) is 2.02. The fourth-order valence-corrected chi connectivity index (χ4v) is 1.29. The molecule has 1 aromatic rings. The molecule has 2 N–H and O–H groups in total. The van der Waals surface area contributed by atoms with E-state index in [9.17, 15) is 4.79 Å². The van der Waals surface area contributed by atoms with Gasteiger partial charge >= 0.3 is 0 Å². The lowest BCUT2D eigenvalue weighted by Crippen LogP contribution is -2.08. The van der Waals surface area contributed by atoms with E-state index in [1.54, 1.807) is 18.2 Å². The number of benzene rings is 1. The lowest BCUT2D eigenvalue weighted by atomic mass is 10.1. The fourth-order valence-electron chi connectivity index (χ4n) is 1.29. The molecule has 0 amide bonds. The van der Waals surface area contributed by atoms with Gasteiger partial charge in [-0.25, -0.2) is 0 Å². The van der Waals surface area contributed by atoms with Crippen molar-refractivity contribution in [1.82, 2.24) is 0 Å². The number of nitrogens with two attached hydrogens (primary N) is 1. The molecule has 0 saturated carbocycles. The van der Waals surface area contributed by atoms with E-state index in [2.05, 4.69) is 0 Å². The molecule has 3 heteroatoms. The summed E-state index contributed by atoms with van der Waals surface area (Å²) in [5.74, 6) is 0.732. The van der Waals surface area contributed by atoms with Gasteiger partial charge in [0.25, 0.3) is 0 Å². The zero-order valence-corrected chi connectivity index (χ0v) is 9.41. The van der Waals surface area contributed by atoms with E-state index in [4.69, 9.17) is 10.5 Å². The Labute approximate surface area is 90.2 Å². The lowest BCUT2D eigenvalue weighted by Gasteiger charge is -2.12. The van der Waals surface area contributed by atoms with E-state index in [0.29, 0.717) is 23.4 Å². The smallest absolute Gasteiger partial charge is 0.162 e. The zero-order chi connectivity index (χ0) is 11.4. The van der Waals surface area contributed by atoms with Crippen molar-refractivity contribution in [3.8, 4) is 5.75 Å². The first-order chi connectivity index (χ1) is 7.04. The summed E-state index contributed by atoms with van der Waals surface area (Å²) in [4.78, 5) is 11.4. The minimum Gasteiger partial charge on any atom is -0.489 e. The first-order valence-corrected chi connectivity index (χ1v) is 5.14. The molecule has 0 atom stereocenters. The lowest BCUT2D eigenvalue weighted by molar-refractivity contribution is 0.0988. The summed E-state index contributed by atoms with van der Waals surface area (Å²) in [7, 11) is 0. The fraction of sp³-hybridized carbons (Fsp3) is 0.417. The van der Waals surface area contributed by atoms with E-state index in [-0.39, 0.29) is 11.9 Å². The summed E-state index contributed by atoms with van der Waals surface area (Å²) >= 11 is 0. The third-order valence-electron chi connectivity index (χ3n) is 2.02. The predicted molar refractivity (Wildman–Crippen MR) is 61.2 cm³/mol. The van der Waals surface area contributed by atoms with Crippen LogP contribution in [0.2, 0.25) is 0 Å². The Hall–Kier alpha value is -1.51. The number of rotatable bonds is 4. The molecule has 0 aliphatic heterocycles. The standard InChI is InChI=1S/C12H17NO2/c1-4-11(14)9-5-6-12(10(13)7-9)15-8(2)3/h5-8H,4,13H2,1-3H3. The van der Waals surface area contributed by atoms with Crippen LogP contribution in [-0.4, -0.2) is 11.9 Å². The van der Waals surface area contributed by atoms with Gasteiger partial charge in [0.2, 0.25) is 0 Å². The van der Waals surface area contributed by atoms with Gasteiger partial charge in [-0.2, -0.15) is 0 Å². The van der Waals surface area contributed by atoms with Crippen LogP contribution in [-0.2, 0) is 0 Å². The van der Waals surface area contributed by atoms with Gasteiger partial charge in [-0.1, -0.05) is 6.92 Å². The van der Waals surface area contributed by atoms with E-state index in [0.717, 1.165) is 0 Å².